The zero-order valence-corrected chi connectivity index (χ0v) is 11.7. The smallest absolute Gasteiger partial charge is 0.224 e. The van der Waals surface area contributed by atoms with E-state index in [4.69, 9.17) is 0 Å². The Morgan fingerprint density at radius 2 is 2.15 bits per heavy atom. The largest absolute Gasteiger partial charge is 0.325 e. The summed E-state index contributed by atoms with van der Waals surface area (Å²) >= 11 is 0. The fourth-order valence-corrected chi connectivity index (χ4v) is 3.10. The number of carbonyl (C=O) groups excluding carboxylic acids is 1. The normalized spacial score (nSPS) is 16.4. The molecule has 0 aliphatic heterocycles. The van der Waals surface area contributed by atoms with E-state index < -0.39 is 0 Å². The van der Waals surface area contributed by atoms with Gasteiger partial charge in [-0.3, -0.25) is 9.89 Å². The second kappa shape index (κ2) is 6.07. The van der Waals surface area contributed by atoms with Crippen LogP contribution in [0, 0.1) is 5.92 Å². The van der Waals surface area contributed by atoms with E-state index in [1.54, 1.807) is 6.20 Å². The van der Waals surface area contributed by atoms with E-state index in [0.29, 0.717) is 6.42 Å². The Balaban J connectivity index is 1.57. The summed E-state index contributed by atoms with van der Waals surface area (Å²) in [6.07, 6.45) is 10.0. The molecule has 1 aromatic heterocycles. The molecular weight excluding hydrogens is 250 g/mol. The van der Waals surface area contributed by atoms with Gasteiger partial charge in [-0.15, -0.1) is 0 Å². The number of fused-ring (bicyclic) bond motifs is 1. The number of hydrogen-bond acceptors (Lipinski definition) is 2. The van der Waals surface area contributed by atoms with E-state index in [1.807, 2.05) is 18.2 Å². The predicted molar refractivity (Wildman–Crippen MR) is 80.5 cm³/mol. The molecule has 4 heteroatoms. The summed E-state index contributed by atoms with van der Waals surface area (Å²) in [6.45, 7) is 0. The van der Waals surface area contributed by atoms with Gasteiger partial charge in [0.25, 0.3) is 0 Å². The van der Waals surface area contributed by atoms with Crippen LogP contribution in [0.15, 0.2) is 24.4 Å². The van der Waals surface area contributed by atoms with Gasteiger partial charge in [-0.25, -0.2) is 0 Å². The average molecular weight is 271 g/mol. The third-order valence-electron chi connectivity index (χ3n) is 4.26. The van der Waals surface area contributed by atoms with Crippen LogP contribution in [-0.4, -0.2) is 16.1 Å². The molecule has 1 saturated carbocycles. The average Bonchev–Trinajstić information content (AvgIpc) is 2.96. The number of aromatic nitrogens is 2. The quantitative estimate of drug-likeness (QED) is 0.887. The minimum Gasteiger partial charge on any atom is -0.325 e. The van der Waals surface area contributed by atoms with Gasteiger partial charge in [0.05, 0.1) is 17.4 Å². The lowest BCUT2D eigenvalue weighted by atomic mass is 9.86. The summed E-state index contributed by atoms with van der Waals surface area (Å²) < 4.78 is 0. The number of amides is 1. The number of benzene rings is 1. The van der Waals surface area contributed by atoms with Crippen LogP contribution in [0.5, 0.6) is 0 Å². The number of nitrogens with zero attached hydrogens (tertiary/aromatic N) is 1. The molecule has 0 atom stereocenters. The van der Waals surface area contributed by atoms with Crippen molar-refractivity contribution >= 4 is 22.5 Å². The lowest BCUT2D eigenvalue weighted by molar-refractivity contribution is -0.116. The van der Waals surface area contributed by atoms with Crippen LogP contribution in [0.1, 0.15) is 44.9 Å². The molecule has 1 amide bonds. The number of hydrogen-bond donors (Lipinski definition) is 2. The number of nitrogens with one attached hydrogen (secondary N) is 2. The molecule has 1 aliphatic rings. The maximum atomic E-state index is 12.1. The molecular formula is C16H21N3O. The van der Waals surface area contributed by atoms with Crippen LogP contribution in [0.2, 0.25) is 0 Å². The van der Waals surface area contributed by atoms with Crippen molar-refractivity contribution in [2.24, 2.45) is 5.92 Å². The van der Waals surface area contributed by atoms with Crippen molar-refractivity contribution in [3.8, 4) is 0 Å². The second-order valence-electron chi connectivity index (χ2n) is 5.73. The molecule has 1 heterocycles. The van der Waals surface area contributed by atoms with Crippen LogP contribution < -0.4 is 5.32 Å². The first kappa shape index (κ1) is 13.2. The zero-order chi connectivity index (χ0) is 13.8. The third-order valence-corrected chi connectivity index (χ3v) is 4.26. The number of H-pyrrole nitrogens is 1. The summed E-state index contributed by atoms with van der Waals surface area (Å²) in [5.74, 6) is 0.864. The highest BCUT2D eigenvalue weighted by atomic mass is 16.1. The van der Waals surface area contributed by atoms with Gasteiger partial charge < -0.3 is 5.32 Å². The lowest BCUT2D eigenvalue weighted by Gasteiger charge is -2.21. The van der Waals surface area contributed by atoms with Gasteiger partial charge in [0.2, 0.25) is 5.91 Å². The summed E-state index contributed by atoms with van der Waals surface area (Å²) in [6, 6.07) is 5.81. The van der Waals surface area contributed by atoms with Gasteiger partial charge in [-0.1, -0.05) is 38.2 Å². The Morgan fingerprint density at radius 1 is 1.30 bits per heavy atom. The summed E-state index contributed by atoms with van der Waals surface area (Å²) in [4.78, 5) is 12.1. The van der Waals surface area contributed by atoms with Gasteiger partial charge in [0, 0.05) is 11.8 Å². The number of carbonyl (C=O) groups is 1. The molecule has 20 heavy (non-hydrogen) atoms. The van der Waals surface area contributed by atoms with Crippen molar-refractivity contribution in [1.82, 2.24) is 10.2 Å². The van der Waals surface area contributed by atoms with Gasteiger partial charge in [0.1, 0.15) is 0 Å². The van der Waals surface area contributed by atoms with E-state index >= 15 is 0 Å². The summed E-state index contributed by atoms with van der Waals surface area (Å²) in [5.41, 5.74) is 1.81. The van der Waals surface area contributed by atoms with Gasteiger partial charge in [-0.05, 0) is 24.5 Å². The topological polar surface area (TPSA) is 57.8 Å². The molecule has 0 unspecified atom stereocenters. The fourth-order valence-electron chi connectivity index (χ4n) is 3.10. The Labute approximate surface area is 119 Å². The maximum Gasteiger partial charge on any atom is 0.224 e. The minimum absolute atomic E-state index is 0.115. The van der Waals surface area contributed by atoms with Gasteiger partial charge in [0.15, 0.2) is 0 Å². The first-order chi connectivity index (χ1) is 9.83. The van der Waals surface area contributed by atoms with E-state index in [0.717, 1.165) is 28.9 Å². The zero-order valence-electron chi connectivity index (χ0n) is 11.7. The van der Waals surface area contributed by atoms with E-state index in [1.165, 1.54) is 32.1 Å². The van der Waals surface area contributed by atoms with Crippen molar-refractivity contribution in [2.45, 2.75) is 44.9 Å². The highest BCUT2D eigenvalue weighted by Crippen LogP contribution is 2.27. The molecule has 4 nitrogen and oxygen atoms in total. The van der Waals surface area contributed by atoms with Crippen LogP contribution in [0.3, 0.4) is 0 Å². The molecule has 106 valence electrons. The van der Waals surface area contributed by atoms with Gasteiger partial charge in [-0.2, -0.15) is 5.10 Å². The van der Waals surface area contributed by atoms with Gasteiger partial charge >= 0.3 is 0 Å². The molecule has 1 aromatic carbocycles. The highest BCUT2D eigenvalue weighted by Gasteiger charge is 2.15. The predicted octanol–water partition coefficient (Wildman–Crippen LogP) is 3.86. The first-order valence-electron chi connectivity index (χ1n) is 7.55. The molecule has 1 fully saturated rings. The maximum absolute atomic E-state index is 12.1. The van der Waals surface area contributed by atoms with Crippen molar-refractivity contribution in [2.75, 3.05) is 5.32 Å². The number of anilines is 1. The second-order valence-corrected chi connectivity index (χ2v) is 5.73. The Bertz CT molecular complexity index is 584. The molecule has 2 aromatic rings. The highest BCUT2D eigenvalue weighted by molar-refractivity contribution is 6.00. The van der Waals surface area contributed by atoms with E-state index in [2.05, 4.69) is 15.5 Å². The standard InChI is InChI=1S/C16H21N3O/c20-16(10-9-12-5-2-1-3-6-12)18-14-7-4-8-15-13(14)11-17-19-15/h4,7-8,11-12H,1-3,5-6,9-10H2,(H,17,19)(H,18,20). The van der Waals surface area contributed by atoms with Crippen LogP contribution in [-0.2, 0) is 4.79 Å². The van der Waals surface area contributed by atoms with Crippen LogP contribution in [0.4, 0.5) is 5.69 Å². The Hall–Kier alpha value is -1.84. The van der Waals surface area contributed by atoms with Crippen LogP contribution >= 0.6 is 0 Å². The van der Waals surface area contributed by atoms with E-state index in [-0.39, 0.29) is 5.91 Å². The summed E-state index contributed by atoms with van der Waals surface area (Å²) in [5, 5.41) is 10.9. The molecule has 0 bridgehead atoms. The van der Waals surface area contributed by atoms with Crippen LogP contribution in [0.25, 0.3) is 10.9 Å². The Kier molecular flexibility index (Phi) is 4.00. The molecule has 0 radical (unpaired) electrons. The minimum atomic E-state index is 0.115. The SMILES string of the molecule is O=C(CCC1CCCCC1)Nc1cccc2[nH]ncc12. The monoisotopic (exact) mass is 271 g/mol. The lowest BCUT2D eigenvalue weighted by Crippen LogP contribution is -2.14. The molecule has 3 rings (SSSR count). The van der Waals surface area contributed by atoms with Crippen molar-refractivity contribution in [1.29, 1.82) is 0 Å². The van der Waals surface area contributed by atoms with Crippen molar-refractivity contribution in [3.05, 3.63) is 24.4 Å². The summed E-state index contributed by atoms with van der Waals surface area (Å²) in [7, 11) is 0. The number of rotatable bonds is 4. The van der Waals surface area contributed by atoms with E-state index in [9.17, 15) is 4.79 Å². The Morgan fingerprint density at radius 3 is 3.00 bits per heavy atom. The number of aromatic amines is 1. The van der Waals surface area contributed by atoms with Crippen molar-refractivity contribution < 1.29 is 4.79 Å². The molecule has 0 saturated heterocycles. The first-order valence-corrected chi connectivity index (χ1v) is 7.55. The fraction of sp³-hybridized carbons (Fsp3) is 0.500. The third kappa shape index (κ3) is 3.00. The molecule has 1 aliphatic carbocycles. The molecule has 2 N–H and O–H groups in total. The van der Waals surface area contributed by atoms with Crippen molar-refractivity contribution in [3.63, 3.8) is 0 Å². The molecule has 0 spiro atoms.